The number of nitrogens with zero attached hydrogens (tertiary/aromatic N) is 2. The number of hydrogen-bond acceptors (Lipinski definition) is 3. The molecule has 124 valence electrons. The summed E-state index contributed by atoms with van der Waals surface area (Å²) in [4.78, 5) is 7.39. The van der Waals surface area contributed by atoms with Crippen LogP contribution in [-0.2, 0) is 0 Å². The van der Waals surface area contributed by atoms with Crippen molar-refractivity contribution in [1.82, 2.24) is 10.2 Å². The largest absolute Gasteiger partial charge is 0.370 e. The molecule has 22 heavy (non-hydrogen) atoms. The van der Waals surface area contributed by atoms with Gasteiger partial charge in [0.05, 0.1) is 12.1 Å². The standard InChI is InChI=1S/C17H31N5/c1-10-13(16(2,3)4)12-8-11(21-15(18)19)9-22(12)14(20-10)17(5,6)7/h10-11H,8-9H2,1-7H3,(H4,18,19,21)/t10-,11-/m0/s1. The van der Waals surface area contributed by atoms with E-state index in [4.69, 9.17) is 16.1 Å². The van der Waals surface area contributed by atoms with E-state index in [1.807, 2.05) is 0 Å². The first-order valence-corrected chi connectivity index (χ1v) is 8.11. The summed E-state index contributed by atoms with van der Waals surface area (Å²) in [5, 5.41) is 10.6. The van der Waals surface area contributed by atoms with Crippen molar-refractivity contribution < 1.29 is 0 Å². The van der Waals surface area contributed by atoms with Crippen molar-refractivity contribution in [3.63, 3.8) is 0 Å². The minimum absolute atomic E-state index is 0.00797. The Balaban J connectivity index is 2.47. The predicted molar refractivity (Wildman–Crippen MR) is 93.0 cm³/mol. The average molecular weight is 305 g/mol. The molecule has 0 bridgehead atoms. The molecule has 0 spiro atoms. The van der Waals surface area contributed by atoms with Gasteiger partial charge >= 0.3 is 0 Å². The molecule has 0 unspecified atom stereocenters. The van der Waals surface area contributed by atoms with E-state index in [1.165, 1.54) is 11.3 Å². The highest BCUT2D eigenvalue weighted by molar-refractivity contribution is 5.90. The molecule has 5 heteroatoms. The van der Waals surface area contributed by atoms with E-state index in [-0.39, 0.29) is 28.9 Å². The lowest BCUT2D eigenvalue weighted by molar-refractivity contribution is 0.393. The summed E-state index contributed by atoms with van der Waals surface area (Å²) in [6.45, 7) is 16.4. The molecule has 2 rings (SSSR count). The Kier molecular flexibility index (Phi) is 4.05. The van der Waals surface area contributed by atoms with E-state index in [2.05, 4.69) is 58.7 Å². The lowest BCUT2D eigenvalue weighted by Gasteiger charge is -2.41. The molecule has 2 aliphatic rings. The summed E-state index contributed by atoms with van der Waals surface area (Å²) in [5.74, 6) is 1.20. The molecule has 0 radical (unpaired) electrons. The van der Waals surface area contributed by atoms with Crippen molar-refractivity contribution in [1.29, 1.82) is 5.41 Å². The van der Waals surface area contributed by atoms with E-state index in [9.17, 15) is 0 Å². The Bertz CT molecular complexity index is 530. The third kappa shape index (κ3) is 3.13. The molecule has 2 aliphatic heterocycles. The first-order chi connectivity index (χ1) is 9.91. The molecule has 1 saturated heterocycles. The van der Waals surface area contributed by atoms with Crippen LogP contribution in [-0.4, -0.2) is 35.3 Å². The fraction of sp³-hybridized carbons (Fsp3) is 0.765. The Morgan fingerprint density at radius 1 is 1.23 bits per heavy atom. The van der Waals surface area contributed by atoms with Gasteiger partial charge in [0.25, 0.3) is 0 Å². The maximum atomic E-state index is 7.51. The van der Waals surface area contributed by atoms with Gasteiger partial charge in [-0.1, -0.05) is 41.5 Å². The average Bonchev–Trinajstić information content (AvgIpc) is 2.65. The van der Waals surface area contributed by atoms with E-state index < -0.39 is 0 Å². The van der Waals surface area contributed by atoms with Crippen LogP contribution in [0.1, 0.15) is 54.9 Å². The van der Waals surface area contributed by atoms with Crippen molar-refractivity contribution in [3.8, 4) is 0 Å². The molecule has 0 saturated carbocycles. The van der Waals surface area contributed by atoms with E-state index in [1.54, 1.807) is 0 Å². The second-order valence-corrected chi connectivity index (χ2v) is 8.56. The lowest BCUT2D eigenvalue weighted by atomic mass is 9.79. The van der Waals surface area contributed by atoms with Crippen LogP contribution in [0.5, 0.6) is 0 Å². The first-order valence-electron chi connectivity index (χ1n) is 8.11. The summed E-state index contributed by atoms with van der Waals surface area (Å²) >= 11 is 0. The maximum Gasteiger partial charge on any atom is 0.185 e. The summed E-state index contributed by atoms with van der Waals surface area (Å²) in [5.41, 5.74) is 8.42. The summed E-state index contributed by atoms with van der Waals surface area (Å²) in [7, 11) is 0. The van der Waals surface area contributed by atoms with Crippen molar-refractivity contribution in [3.05, 3.63) is 11.3 Å². The number of fused-ring (bicyclic) bond motifs is 1. The zero-order chi connectivity index (χ0) is 16.9. The minimum atomic E-state index is 0.00797. The van der Waals surface area contributed by atoms with Gasteiger partial charge in [-0.05, 0) is 17.9 Å². The normalized spacial score (nSPS) is 26.0. The van der Waals surface area contributed by atoms with E-state index >= 15 is 0 Å². The minimum Gasteiger partial charge on any atom is -0.370 e. The van der Waals surface area contributed by atoms with Gasteiger partial charge in [0.1, 0.15) is 5.84 Å². The molecule has 2 heterocycles. The molecule has 0 aromatic carbocycles. The molecule has 0 aliphatic carbocycles. The first kappa shape index (κ1) is 16.8. The molecule has 2 atom stereocenters. The van der Waals surface area contributed by atoms with Gasteiger partial charge < -0.3 is 16.0 Å². The Morgan fingerprint density at radius 2 is 1.82 bits per heavy atom. The van der Waals surface area contributed by atoms with Crippen LogP contribution in [0.25, 0.3) is 0 Å². The smallest absolute Gasteiger partial charge is 0.185 e. The SMILES string of the molecule is C[C@@H]1N=C(C(C)(C)C)N2C[C@@H](NC(=N)N)CC2=C1C(C)(C)C. The van der Waals surface area contributed by atoms with Crippen LogP contribution < -0.4 is 11.1 Å². The van der Waals surface area contributed by atoms with Crippen LogP contribution in [0.2, 0.25) is 0 Å². The fourth-order valence-corrected chi connectivity index (χ4v) is 3.74. The zero-order valence-electron chi connectivity index (χ0n) is 15.0. The van der Waals surface area contributed by atoms with Gasteiger partial charge in [0, 0.05) is 24.1 Å². The van der Waals surface area contributed by atoms with Crippen molar-refractivity contribution in [2.24, 2.45) is 21.6 Å². The number of hydrogen-bond donors (Lipinski definition) is 3. The molecule has 0 aromatic rings. The van der Waals surface area contributed by atoms with E-state index in [0.29, 0.717) is 0 Å². The lowest BCUT2D eigenvalue weighted by Crippen LogP contribution is -2.45. The fourth-order valence-electron chi connectivity index (χ4n) is 3.74. The second kappa shape index (κ2) is 5.28. The molecule has 5 nitrogen and oxygen atoms in total. The highest BCUT2D eigenvalue weighted by Gasteiger charge is 2.42. The Morgan fingerprint density at radius 3 is 2.27 bits per heavy atom. The van der Waals surface area contributed by atoms with Crippen LogP contribution in [0.15, 0.2) is 16.3 Å². The molecule has 0 aromatic heterocycles. The summed E-state index contributed by atoms with van der Waals surface area (Å²) < 4.78 is 0. The van der Waals surface area contributed by atoms with Crippen molar-refractivity contribution in [2.45, 2.75) is 67.0 Å². The molecular formula is C17H31N5. The summed E-state index contributed by atoms with van der Waals surface area (Å²) in [6, 6.07) is 0.388. The number of nitrogens with two attached hydrogens (primary N) is 1. The molecule has 0 amide bonds. The van der Waals surface area contributed by atoms with Crippen LogP contribution in [0.4, 0.5) is 0 Å². The van der Waals surface area contributed by atoms with Gasteiger partial charge in [-0.2, -0.15) is 0 Å². The quantitative estimate of drug-likeness (QED) is 0.515. The van der Waals surface area contributed by atoms with Gasteiger partial charge in [-0.15, -0.1) is 0 Å². The number of rotatable bonds is 1. The molecule has 4 N–H and O–H groups in total. The highest BCUT2D eigenvalue weighted by Crippen LogP contribution is 2.42. The predicted octanol–water partition coefficient (Wildman–Crippen LogP) is 2.69. The van der Waals surface area contributed by atoms with Crippen LogP contribution in [0, 0.1) is 16.2 Å². The Labute approximate surface area is 134 Å². The monoisotopic (exact) mass is 305 g/mol. The van der Waals surface area contributed by atoms with Gasteiger partial charge in [-0.25, -0.2) is 0 Å². The zero-order valence-corrected chi connectivity index (χ0v) is 15.0. The van der Waals surface area contributed by atoms with Crippen molar-refractivity contribution >= 4 is 11.8 Å². The number of aliphatic imine (C=N–C) groups is 1. The Hall–Kier alpha value is -1.52. The van der Waals surface area contributed by atoms with E-state index in [0.717, 1.165) is 18.8 Å². The number of nitrogens with one attached hydrogen (secondary N) is 2. The van der Waals surface area contributed by atoms with Crippen LogP contribution in [0.3, 0.4) is 0 Å². The third-order valence-corrected chi connectivity index (χ3v) is 4.31. The molecular weight excluding hydrogens is 274 g/mol. The number of guanidine groups is 1. The summed E-state index contributed by atoms with van der Waals surface area (Å²) in [6.07, 6.45) is 0.908. The van der Waals surface area contributed by atoms with Gasteiger partial charge in [0.2, 0.25) is 0 Å². The van der Waals surface area contributed by atoms with Crippen molar-refractivity contribution in [2.75, 3.05) is 6.54 Å². The van der Waals surface area contributed by atoms with Crippen LogP contribution >= 0.6 is 0 Å². The second-order valence-electron chi connectivity index (χ2n) is 8.56. The highest BCUT2D eigenvalue weighted by atomic mass is 15.3. The van der Waals surface area contributed by atoms with Gasteiger partial charge in [-0.3, -0.25) is 10.4 Å². The van der Waals surface area contributed by atoms with Gasteiger partial charge in [0.15, 0.2) is 5.96 Å². The maximum absolute atomic E-state index is 7.51. The third-order valence-electron chi connectivity index (χ3n) is 4.31. The topological polar surface area (TPSA) is 77.5 Å². The molecule has 1 fully saturated rings. The number of amidine groups is 1.